The Bertz CT molecular complexity index is 3550. The standard InChI is InChI=1S/C55H36N2/c1-35-22-27-53-49(30-35)51-34-39(38-24-28-54-50(33-38)47-20-9-10-21-52(47)56(54)40-13-3-2-4-14-40)25-29-55(51)57(53)41-15-11-12-36(31-41)37-23-26-46-44-18-6-5-16-42(44)43-17-7-8-19-45(43)48(46)32-37/h2-34H,1H3. The van der Waals surface area contributed by atoms with Crippen molar-refractivity contribution in [2.24, 2.45) is 0 Å². The smallest absolute Gasteiger partial charge is 0.0541 e. The number of rotatable bonds is 4. The van der Waals surface area contributed by atoms with Gasteiger partial charge in [0, 0.05) is 32.9 Å². The molecule has 10 aromatic carbocycles. The van der Waals surface area contributed by atoms with E-state index in [0.717, 1.165) is 5.69 Å². The summed E-state index contributed by atoms with van der Waals surface area (Å²) in [5, 5.41) is 12.8. The summed E-state index contributed by atoms with van der Waals surface area (Å²) in [5.41, 5.74) is 13.3. The fourth-order valence-electron chi connectivity index (χ4n) is 9.51. The molecule has 0 atom stereocenters. The van der Waals surface area contributed by atoms with Gasteiger partial charge in [0.1, 0.15) is 0 Å². The molecule has 0 fully saturated rings. The van der Waals surface area contributed by atoms with Crippen LogP contribution in [0.15, 0.2) is 200 Å². The molecule has 57 heavy (non-hydrogen) atoms. The van der Waals surface area contributed by atoms with Crippen LogP contribution in [0.2, 0.25) is 0 Å². The maximum Gasteiger partial charge on any atom is 0.0541 e. The van der Waals surface area contributed by atoms with Gasteiger partial charge in [-0.15, -0.1) is 0 Å². The predicted octanol–water partition coefficient (Wildman–Crippen LogP) is 15.0. The Hall–Kier alpha value is -7.42. The van der Waals surface area contributed by atoms with Gasteiger partial charge in [0.25, 0.3) is 0 Å². The van der Waals surface area contributed by atoms with Gasteiger partial charge in [0.2, 0.25) is 0 Å². The molecular formula is C55H36N2. The molecule has 0 spiro atoms. The molecular weight excluding hydrogens is 689 g/mol. The molecule has 12 aromatic rings. The average molecular weight is 725 g/mol. The molecule has 0 saturated carbocycles. The first-order valence-corrected chi connectivity index (χ1v) is 19.8. The first-order chi connectivity index (χ1) is 28.2. The molecule has 0 aliphatic rings. The van der Waals surface area contributed by atoms with Gasteiger partial charge in [0.05, 0.1) is 22.1 Å². The fourth-order valence-corrected chi connectivity index (χ4v) is 9.51. The third-order valence-corrected chi connectivity index (χ3v) is 12.1. The van der Waals surface area contributed by atoms with E-state index in [9.17, 15) is 0 Å². The van der Waals surface area contributed by atoms with Crippen molar-refractivity contribution in [3.8, 4) is 33.6 Å². The Balaban J connectivity index is 1.01. The van der Waals surface area contributed by atoms with E-state index in [4.69, 9.17) is 0 Å². The van der Waals surface area contributed by atoms with Crippen molar-refractivity contribution in [2.75, 3.05) is 0 Å². The van der Waals surface area contributed by atoms with Crippen LogP contribution in [-0.2, 0) is 0 Å². The highest BCUT2D eigenvalue weighted by molar-refractivity contribution is 6.25. The van der Waals surface area contributed by atoms with Crippen LogP contribution in [0.4, 0.5) is 0 Å². The van der Waals surface area contributed by atoms with Gasteiger partial charge in [-0.05, 0) is 134 Å². The number of para-hydroxylation sites is 2. The van der Waals surface area contributed by atoms with Crippen LogP contribution in [0.25, 0.3) is 110 Å². The first-order valence-electron chi connectivity index (χ1n) is 19.8. The summed E-state index contributed by atoms with van der Waals surface area (Å²) in [4.78, 5) is 0. The van der Waals surface area contributed by atoms with Crippen molar-refractivity contribution in [2.45, 2.75) is 6.92 Å². The van der Waals surface area contributed by atoms with Gasteiger partial charge in [-0.2, -0.15) is 0 Å². The summed E-state index contributed by atoms with van der Waals surface area (Å²) in [6, 6.07) is 73.9. The van der Waals surface area contributed by atoms with Gasteiger partial charge in [0.15, 0.2) is 0 Å². The largest absolute Gasteiger partial charge is 0.309 e. The van der Waals surface area contributed by atoms with Gasteiger partial charge < -0.3 is 9.13 Å². The molecule has 2 heteroatoms. The van der Waals surface area contributed by atoms with E-state index in [1.165, 1.54) is 109 Å². The number of nitrogens with zero attached hydrogens (tertiary/aromatic N) is 2. The van der Waals surface area contributed by atoms with Crippen molar-refractivity contribution in [3.63, 3.8) is 0 Å². The molecule has 12 rings (SSSR count). The highest BCUT2D eigenvalue weighted by Crippen LogP contribution is 2.40. The van der Waals surface area contributed by atoms with E-state index in [1.807, 2.05) is 0 Å². The van der Waals surface area contributed by atoms with Crippen molar-refractivity contribution >= 4 is 75.9 Å². The fraction of sp³-hybridized carbons (Fsp3) is 0.0182. The summed E-state index contributed by atoms with van der Waals surface area (Å²) >= 11 is 0. The summed E-state index contributed by atoms with van der Waals surface area (Å²) in [7, 11) is 0. The van der Waals surface area contributed by atoms with Crippen LogP contribution in [0.5, 0.6) is 0 Å². The Morgan fingerprint density at radius 2 is 0.667 bits per heavy atom. The molecule has 2 nitrogen and oxygen atoms in total. The van der Waals surface area contributed by atoms with E-state index in [-0.39, 0.29) is 0 Å². The number of benzene rings is 10. The summed E-state index contributed by atoms with van der Waals surface area (Å²) < 4.78 is 4.82. The monoisotopic (exact) mass is 724 g/mol. The van der Waals surface area contributed by atoms with Crippen LogP contribution in [0, 0.1) is 6.92 Å². The quantitative estimate of drug-likeness (QED) is 0.160. The second kappa shape index (κ2) is 12.3. The highest BCUT2D eigenvalue weighted by atomic mass is 15.0. The molecule has 0 radical (unpaired) electrons. The summed E-state index contributed by atoms with van der Waals surface area (Å²) in [5.74, 6) is 0. The number of hydrogen-bond acceptors (Lipinski definition) is 0. The van der Waals surface area contributed by atoms with E-state index >= 15 is 0 Å². The summed E-state index contributed by atoms with van der Waals surface area (Å²) in [6.45, 7) is 2.19. The minimum Gasteiger partial charge on any atom is -0.309 e. The van der Waals surface area contributed by atoms with Crippen LogP contribution in [-0.4, -0.2) is 9.13 Å². The van der Waals surface area contributed by atoms with Crippen LogP contribution in [0.3, 0.4) is 0 Å². The Labute approximate surface area is 330 Å². The maximum absolute atomic E-state index is 2.44. The number of fused-ring (bicyclic) bond motifs is 12. The first kappa shape index (κ1) is 31.9. The van der Waals surface area contributed by atoms with Gasteiger partial charge >= 0.3 is 0 Å². The van der Waals surface area contributed by atoms with Gasteiger partial charge in [-0.3, -0.25) is 0 Å². The lowest BCUT2D eigenvalue weighted by Crippen LogP contribution is -1.94. The van der Waals surface area contributed by atoms with Gasteiger partial charge in [-0.25, -0.2) is 0 Å². The topological polar surface area (TPSA) is 9.86 Å². The maximum atomic E-state index is 2.44. The third kappa shape index (κ3) is 4.84. The minimum atomic E-state index is 1.16. The molecule has 2 aromatic heterocycles. The highest BCUT2D eigenvalue weighted by Gasteiger charge is 2.17. The number of aromatic nitrogens is 2. The van der Waals surface area contributed by atoms with Crippen molar-refractivity contribution in [1.82, 2.24) is 9.13 Å². The van der Waals surface area contributed by atoms with E-state index in [1.54, 1.807) is 0 Å². The van der Waals surface area contributed by atoms with Crippen LogP contribution < -0.4 is 0 Å². The number of hydrogen-bond donors (Lipinski definition) is 0. The zero-order valence-corrected chi connectivity index (χ0v) is 31.4. The summed E-state index contributed by atoms with van der Waals surface area (Å²) in [6.07, 6.45) is 0. The molecule has 2 heterocycles. The minimum absolute atomic E-state index is 1.16. The van der Waals surface area contributed by atoms with E-state index < -0.39 is 0 Å². The van der Waals surface area contributed by atoms with E-state index in [0.29, 0.717) is 0 Å². The van der Waals surface area contributed by atoms with Crippen molar-refractivity contribution < 1.29 is 0 Å². The molecule has 0 unspecified atom stereocenters. The molecule has 0 bridgehead atoms. The molecule has 0 amide bonds. The zero-order chi connectivity index (χ0) is 37.6. The molecule has 266 valence electrons. The lowest BCUT2D eigenvalue weighted by molar-refractivity contribution is 1.18. The van der Waals surface area contributed by atoms with Crippen LogP contribution >= 0.6 is 0 Å². The van der Waals surface area contributed by atoms with Crippen LogP contribution in [0.1, 0.15) is 5.56 Å². The lowest BCUT2D eigenvalue weighted by Gasteiger charge is -2.13. The Kier molecular flexibility index (Phi) is 6.88. The second-order valence-electron chi connectivity index (χ2n) is 15.4. The Morgan fingerprint density at radius 1 is 0.246 bits per heavy atom. The molecule has 0 saturated heterocycles. The predicted molar refractivity (Wildman–Crippen MR) is 243 cm³/mol. The van der Waals surface area contributed by atoms with Crippen molar-refractivity contribution in [3.05, 3.63) is 206 Å². The number of aryl methyl sites for hydroxylation is 1. The molecule has 0 aliphatic carbocycles. The normalized spacial score (nSPS) is 11.9. The van der Waals surface area contributed by atoms with Gasteiger partial charge in [-0.1, -0.05) is 133 Å². The Morgan fingerprint density at radius 3 is 1.33 bits per heavy atom. The molecule has 0 N–H and O–H groups in total. The second-order valence-corrected chi connectivity index (χ2v) is 15.4. The third-order valence-electron chi connectivity index (χ3n) is 12.1. The SMILES string of the molecule is Cc1ccc2c(c1)c1cc(-c3ccc4c(c3)c3ccccc3n4-c3ccccc3)ccc1n2-c1cccc(-c2ccc3c4ccccc4c4ccccc4c3c2)c1. The van der Waals surface area contributed by atoms with E-state index in [2.05, 4.69) is 216 Å². The lowest BCUT2D eigenvalue weighted by atomic mass is 9.92. The molecule has 0 aliphatic heterocycles. The van der Waals surface area contributed by atoms with Crippen molar-refractivity contribution in [1.29, 1.82) is 0 Å². The zero-order valence-electron chi connectivity index (χ0n) is 31.4. The average Bonchev–Trinajstić information content (AvgIpc) is 3.78.